The van der Waals surface area contributed by atoms with Gasteiger partial charge in [-0.25, -0.2) is 0 Å². The van der Waals surface area contributed by atoms with Crippen molar-refractivity contribution in [2.45, 2.75) is 6.92 Å². The Morgan fingerprint density at radius 3 is 2.83 bits per heavy atom. The van der Waals surface area contributed by atoms with Crippen molar-refractivity contribution in [2.24, 2.45) is 0 Å². The maximum absolute atomic E-state index is 9.28. The second-order valence-electron chi connectivity index (χ2n) is 2.60. The Hall–Kier alpha value is -1.58. The van der Waals surface area contributed by atoms with Crippen LogP contribution in [0.1, 0.15) is 5.56 Å². The number of rotatable bonds is 0. The van der Waals surface area contributed by atoms with Gasteiger partial charge >= 0.3 is 0 Å². The lowest BCUT2D eigenvalue weighted by atomic mass is 10.2. The average molecular weight is 168 g/mol. The van der Waals surface area contributed by atoms with E-state index >= 15 is 0 Å². The molecule has 0 radical (unpaired) electrons. The maximum atomic E-state index is 9.28. The molecule has 0 aliphatic carbocycles. The molecule has 12 heavy (non-hydrogen) atoms. The molecular formula is C8H8O4. The van der Waals surface area contributed by atoms with Gasteiger partial charge in [0.05, 0.1) is 0 Å². The first-order chi connectivity index (χ1) is 5.70. The molecule has 0 aromatic heterocycles. The van der Waals surface area contributed by atoms with Gasteiger partial charge in [0.25, 0.3) is 0 Å². The molecule has 4 heteroatoms. The van der Waals surface area contributed by atoms with Gasteiger partial charge in [0.1, 0.15) is 0 Å². The van der Waals surface area contributed by atoms with Crippen LogP contribution in [0.5, 0.6) is 23.0 Å². The van der Waals surface area contributed by atoms with E-state index in [1.807, 2.05) is 0 Å². The fourth-order valence-corrected chi connectivity index (χ4v) is 1.18. The fraction of sp³-hybridized carbons (Fsp3) is 0.250. The molecule has 1 aliphatic heterocycles. The molecule has 2 N–H and O–H groups in total. The van der Waals surface area contributed by atoms with E-state index in [9.17, 15) is 10.2 Å². The summed E-state index contributed by atoms with van der Waals surface area (Å²) in [6.45, 7) is 1.79. The Morgan fingerprint density at radius 1 is 1.33 bits per heavy atom. The van der Waals surface area contributed by atoms with Gasteiger partial charge in [0.2, 0.25) is 6.79 Å². The van der Waals surface area contributed by atoms with Crippen LogP contribution in [-0.4, -0.2) is 17.0 Å². The predicted octanol–water partition coefficient (Wildman–Crippen LogP) is 1.13. The van der Waals surface area contributed by atoms with Crippen LogP contribution in [0, 0.1) is 6.92 Å². The van der Waals surface area contributed by atoms with Gasteiger partial charge in [-0.3, -0.25) is 0 Å². The summed E-state index contributed by atoms with van der Waals surface area (Å²) < 4.78 is 10.1. The molecule has 0 unspecified atom stereocenters. The Labute approximate surface area is 69.0 Å². The third-order valence-corrected chi connectivity index (χ3v) is 1.85. The van der Waals surface area contributed by atoms with Gasteiger partial charge in [0.15, 0.2) is 23.0 Å². The van der Waals surface area contributed by atoms with E-state index in [4.69, 9.17) is 9.47 Å². The summed E-state index contributed by atoms with van der Waals surface area (Å²) in [5.41, 5.74) is 0.502. The molecule has 4 nitrogen and oxygen atoms in total. The highest BCUT2D eigenvalue weighted by Gasteiger charge is 2.20. The third kappa shape index (κ3) is 0.777. The summed E-state index contributed by atoms with van der Waals surface area (Å²) in [5, 5.41) is 18.5. The van der Waals surface area contributed by atoms with Crippen LogP contribution in [0.4, 0.5) is 0 Å². The highest BCUT2D eigenvalue weighted by Crippen LogP contribution is 2.44. The Morgan fingerprint density at radius 2 is 2.08 bits per heavy atom. The normalized spacial score (nSPS) is 13.4. The summed E-state index contributed by atoms with van der Waals surface area (Å²) in [6, 6.07) is 1.34. The number of phenolic OH excluding ortho intramolecular Hbond substituents is 2. The lowest BCUT2D eigenvalue weighted by molar-refractivity contribution is 0.173. The molecule has 0 saturated heterocycles. The van der Waals surface area contributed by atoms with Gasteiger partial charge in [-0.1, -0.05) is 0 Å². The Balaban J connectivity index is 2.67. The average Bonchev–Trinajstić information content (AvgIpc) is 2.48. The molecule has 1 heterocycles. The number of hydrogen-bond acceptors (Lipinski definition) is 4. The molecule has 2 rings (SSSR count). The van der Waals surface area contributed by atoms with E-state index in [-0.39, 0.29) is 18.3 Å². The summed E-state index contributed by atoms with van der Waals surface area (Å²) in [5.74, 6) is 0.643. The largest absolute Gasteiger partial charge is 0.504 e. The Kier molecular flexibility index (Phi) is 1.30. The zero-order valence-electron chi connectivity index (χ0n) is 6.50. The number of benzene rings is 1. The van der Waals surface area contributed by atoms with Crippen molar-refractivity contribution < 1.29 is 19.7 Å². The monoisotopic (exact) mass is 168 g/mol. The highest BCUT2D eigenvalue weighted by molar-refractivity contribution is 5.60. The minimum Gasteiger partial charge on any atom is -0.504 e. The summed E-state index contributed by atoms with van der Waals surface area (Å²) in [6.07, 6.45) is 0. The van der Waals surface area contributed by atoms with E-state index in [0.29, 0.717) is 17.1 Å². The quantitative estimate of drug-likeness (QED) is 0.570. The van der Waals surface area contributed by atoms with E-state index < -0.39 is 0 Å². The lowest BCUT2D eigenvalue weighted by Crippen LogP contribution is -1.93. The minimum absolute atomic E-state index is 0.138. The van der Waals surface area contributed by atoms with Crippen LogP contribution < -0.4 is 9.47 Å². The molecule has 1 aliphatic rings. The number of phenols is 2. The lowest BCUT2D eigenvalue weighted by Gasteiger charge is -2.04. The van der Waals surface area contributed by atoms with Crippen molar-refractivity contribution in [3.8, 4) is 23.0 Å². The second-order valence-corrected chi connectivity index (χ2v) is 2.60. The zero-order chi connectivity index (χ0) is 8.72. The molecule has 0 fully saturated rings. The molecule has 64 valence electrons. The van der Waals surface area contributed by atoms with E-state index in [1.54, 1.807) is 6.92 Å². The van der Waals surface area contributed by atoms with Gasteiger partial charge in [-0.2, -0.15) is 0 Å². The first kappa shape index (κ1) is 7.09. The molecule has 1 aromatic carbocycles. The second kappa shape index (κ2) is 2.20. The molecule has 1 aromatic rings. The summed E-state index contributed by atoms with van der Waals surface area (Å²) in [4.78, 5) is 0. The van der Waals surface area contributed by atoms with Crippen molar-refractivity contribution in [1.82, 2.24) is 0 Å². The molecule has 0 bridgehead atoms. The first-order valence-corrected chi connectivity index (χ1v) is 3.51. The minimum atomic E-state index is -0.184. The van der Waals surface area contributed by atoms with E-state index in [0.717, 1.165) is 0 Å². The van der Waals surface area contributed by atoms with Crippen molar-refractivity contribution in [2.75, 3.05) is 6.79 Å². The molecule has 0 atom stereocenters. The third-order valence-electron chi connectivity index (χ3n) is 1.85. The van der Waals surface area contributed by atoms with Crippen molar-refractivity contribution >= 4 is 0 Å². The summed E-state index contributed by atoms with van der Waals surface area (Å²) >= 11 is 0. The predicted molar refractivity (Wildman–Crippen MR) is 40.6 cm³/mol. The van der Waals surface area contributed by atoms with Gasteiger partial charge in [-0.05, 0) is 6.92 Å². The van der Waals surface area contributed by atoms with Crippen LogP contribution >= 0.6 is 0 Å². The smallest absolute Gasteiger partial charge is 0.231 e. The van der Waals surface area contributed by atoms with Gasteiger partial charge in [0, 0.05) is 11.6 Å². The Bertz CT molecular complexity index is 332. The number of ether oxygens (including phenoxy) is 2. The van der Waals surface area contributed by atoms with Crippen LogP contribution in [0.3, 0.4) is 0 Å². The highest BCUT2D eigenvalue weighted by atomic mass is 16.7. The molecule has 0 saturated carbocycles. The fourth-order valence-electron chi connectivity index (χ4n) is 1.18. The van der Waals surface area contributed by atoms with E-state index in [2.05, 4.69) is 0 Å². The maximum Gasteiger partial charge on any atom is 0.231 e. The number of hydrogen-bond donors (Lipinski definition) is 2. The van der Waals surface area contributed by atoms with Crippen LogP contribution in [0.15, 0.2) is 6.07 Å². The van der Waals surface area contributed by atoms with Gasteiger partial charge in [-0.15, -0.1) is 0 Å². The van der Waals surface area contributed by atoms with E-state index in [1.165, 1.54) is 6.07 Å². The van der Waals surface area contributed by atoms with Crippen molar-refractivity contribution in [3.05, 3.63) is 11.6 Å². The number of aromatic hydroxyl groups is 2. The topological polar surface area (TPSA) is 58.9 Å². The van der Waals surface area contributed by atoms with Crippen LogP contribution in [0.2, 0.25) is 0 Å². The van der Waals surface area contributed by atoms with Crippen LogP contribution in [0.25, 0.3) is 0 Å². The standard InChI is InChI=1S/C8H8O4/c1-4-7(10)5(9)2-6-8(4)12-3-11-6/h2,9-10H,3H2,1H3. The van der Waals surface area contributed by atoms with Crippen molar-refractivity contribution in [1.29, 1.82) is 0 Å². The number of fused-ring (bicyclic) bond motifs is 1. The molecular weight excluding hydrogens is 160 g/mol. The SMILES string of the molecule is Cc1c(O)c(O)cc2c1OCO2. The molecule has 0 amide bonds. The first-order valence-electron chi connectivity index (χ1n) is 3.51. The summed E-state index contributed by atoms with van der Waals surface area (Å²) in [7, 11) is 0. The van der Waals surface area contributed by atoms with Crippen molar-refractivity contribution in [3.63, 3.8) is 0 Å². The van der Waals surface area contributed by atoms with Gasteiger partial charge < -0.3 is 19.7 Å². The molecule has 0 spiro atoms. The van der Waals surface area contributed by atoms with Crippen LogP contribution in [-0.2, 0) is 0 Å². The zero-order valence-corrected chi connectivity index (χ0v) is 6.50.